The second kappa shape index (κ2) is 4.53. The number of halogens is 1. The number of fused-ring (bicyclic) bond motifs is 1. The maximum Gasteiger partial charge on any atom is 0.197 e. The van der Waals surface area contributed by atoms with Crippen molar-refractivity contribution in [2.75, 3.05) is 19.8 Å². The zero-order valence-electron chi connectivity index (χ0n) is 9.67. The largest absolute Gasteiger partial charge is 0.486 e. The molecule has 1 saturated heterocycles. The van der Waals surface area contributed by atoms with Crippen LogP contribution in [-0.2, 0) is 0 Å². The maximum atomic E-state index is 14.3. The molecule has 0 aromatic heterocycles. The number of nitrogens with one attached hydrogen (secondary N) is 1. The Labute approximate surface area is 99.9 Å². The van der Waals surface area contributed by atoms with E-state index in [0.29, 0.717) is 24.5 Å². The van der Waals surface area contributed by atoms with Crippen molar-refractivity contribution in [3.63, 3.8) is 0 Å². The van der Waals surface area contributed by atoms with E-state index in [1.165, 1.54) is 6.42 Å². The normalized spacial score (nSPS) is 23.5. The molecule has 2 aliphatic rings. The van der Waals surface area contributed by atoms with Gasteiger partial charge in [-0.3, -0.25) is 0 Å². The van der Waals surface area contributed by atoms with Crippen molar-refractivity contribution < 1.29 is 13.9 Å². The molecule has 1 aromatic carbocycles. The minimum Gasteiger partial charge on any atom is -0.486 e. The summed E-state index contributed by atoms with van der Waals surface area (Å²) in [7, 11) is 0. The first-order chi connectivity index (χ1) is 8.36. The van der Waals surface area contributed by atoms with Crippen molar-refractivity contribution >= 4 is 0 Å². The molecule has 2 aliphatic heterocycles. The predicted molar refractivity (Wildman–Crippen MR) is 62.0 cm³/mol. The van der Waals surface area contributed by atoms with Gasteiger partial charge in [-0.15, -0.1) is 0 Å². The minimum atomic E-state index is -0.262. The summed E-state index contributed by atoms with van der Waals surface area (Å²) in [6.45, 7) is 1.87. The van der Waals surface area contributed by atoms with Gasteiger partial charge in [-0.05, 0) is 25.5 Å². The van der Waals surface area contributed by atoms with E-state index in [4.69, 9.17) is 9.47 Å². The van der Waals surface area contributed by atoms with Crippen LogP contribution in [0.15, 0.2) is 12.1 Å². The third-order valence-electron chi connectivity index (χ3n) is 3.36. The number of ether oxygens (including phenoxy) is 2. The maximum absolute atomic E-state index is 14.3. The van der Waals surface area contributed by atoms with Crippen molar-refractivity contribution in [2.24, 2.45) is 0 Å². The Morgan fingerprint density at radius 1 is 1.18 bits per heavy atom. The monoisotopic (exact) mass is 237 g/mol. The van der Waals surface area contributed by atoms with Crippen LogP contribution in [0, 0.1) is 5.82 Å². The highest BCUT2D eigenvalue weighted by molar-refractivity contribution is 5.46. The molecule has 0 radical (unpaired) electrons. The van der Waals surface area contributed by atoms with Gasteiger partial charge in [0.05, 0.1) is 0 Å². The second-order valence-electron chi connectivity index (χ2n) is 4.50. The molecular weight excluding hydrogens is 221 g/mol. The van der Waals surface area contributed by atoms with Crippen LogP contribution in [0.2, 0.25) is 0 Å². The Kier molecular flexibility index (Phi) is 2.89. The summed E-state index contributed by atoms with van der Waals surface area (Å²) in [5.41, 5.74) is 0.703. The van der Waals surface area contributed by atoms with Gasteiger partial charge in [0.1, 0.15) is 13.2 Å². The standard InChI is InChI=1S/C13H16FNO2/c14-12-9(10-3-1-2-6-15-10)4-5-11-13(12)17-8-7-16-11/h4-5,10,15H,1-3,6-8H2. The summed E-state index contributed by atoms with van der Waals surface area (Å²) in [4.78, 5) is 0. The Morgan fingerprint density at radius 3 is 2.88 bits per heavy atom. The molecule has 17 heavy (non-hydrogen) atoms. The number of piperidine rings is 1. The lowest BCUT2D eigenvalue weighted by Gasteiger charge is -2.26. The lowest BCUT2D eigenvalue weighted by atomic mass is 9.96. The Balaban J connectivity index is 1.94. The van der Waals surface area contributed by atoms with Crippen LogP contribution >= 0.6 is 0 Å². The van der Waals surface area contributed by atoms with Crippen molar-refractivity contribution in [2.45, 2.75) is 25.3 Å². The van der Waals surface area contributed by atoms with E-state index in [1.807, 2.05) is 12.1 Å². The topological polar surface area (TPSA) is 30.5 Å². The summed E-state index contributed by atoms with van der Waals surface area (Å²) < 4.78 is 25.0. The van der Waals surface area contributed by atoms with E-state index in [1.54, 1.807) is 0 Å². The lowest BCUT2D eigenvalue weighted by molar-refractivity contribution is 0.163. The molecule has 3 rings (SSSR count). The fourth-order valence-electron chi connectivity index (χ4n) is 2.48. The Hall–Kier alpha value is -1.29. The molecule has 0 aliphatic carbocycles. The zero-order chi connectivity index (χ0) is 11.7. The summed E-state index contributed by atoms with van der Waals surface area (Å²) in [5, 5.41) is 3.35. The quantitative estimate of drug-likeness (QED) is 0.813. The summed E-state index contributed by atoms with van der Waals surface area (Å²) in [6, 6.07) is 3.73. The first-order valence-corrected chi connectivity index (χ1v) is 6.17. The van der Waals surface area contributed by atoms with Gasteiger partial charge >= 0.3 is 0 Å². The van der Waals surface area contributed by atoms with E-state index >= 15 is 0 Å². The first-order valence-electron chi connectivity index (χ1n) is 6.17. The number of hydrogen-bond acceptors (Lipinski definition) is 3. The molecule has 92 valence electrons. The van der Waals surface area contributed by atoms with Gasteiger partial charge < -0.3 is 14.8 Å². The van der Waals surface area contributed by atoms with Crippen LogP contribution in [0.4, 0.5) is 4.39 Å². The zero-order valence-corrected chi connectivity index (χ0v) is 9.67. The molecule has 1 unspecified atom stereocenters. The van der Waals surface area contributed by atoms with Gasteiger partial charge in [-0.2, -0.15) is 0 Å². The van der Waals surface area contributed by atoms with Crippen molar-refractivity contribution in [3.05, 3.63) is 23.5 Å². The number of rotatable bonds is 1. The first kappa shape index (κ1) is 10.8. The summed E-state index contributed by atoms with van der Waals surface area (Å²) in [6.07, 6.45) is 3.30. The molecule has 2 heterocycles. The number of benzene rings is 1. The molecule has 1 atom stereocenters. The van der Waals surface area contributed by atoms with E-state index in [0.717, 1.165) is 19.4 Å². The van der Waals surface area contributed by atoms with Gasteiger partial charge in [0.25, 0.3) is 0 Å². The fraction of sp³-hybridized carbons (Fsp3) is 0.538. The minimum absolute atomic E-state index is 0.111. The Bertz CT molecular complexity index is 416. The highest BCUT2D eigenvalue weighted by Gasteiger charge is 2.24. The predicted octanol–water partition coefficient (Wildman–Crippen LogP) is 2.41. The SMILES string of the molecule is Fc1c(C2CCCCN2)ccc2c1OCCO2. The number of hydrogen-bond donors (Lipinski definition) is 1. The lowest BCUT2D eigenvalue weighted by Crippen LogP contribution is -2.28. The third-order valence-corrected chi connectivity index (χ3v) is 3.36. The van der Waals surface area contributed by atoms with E-state index < -0.39 is 0 Å². The molecule has 3 nitrogen and oxygen atoms in total. The third kappa shape index (κ3) is 1.97. The fourth-order valence-corrected chi connectivity index (χ4v) is 2.48. The van der Waals surface area contributed by atoms with Gasteiger partial charge in [-0.25, -0.2) is 4.39 Å². The smallest absolute Gasteiger partial charge is 0.197 e. The van der Waals surface area contributed by atoms with E-state index in [-0.39, 0.29) is 17.6 Å². The van der Waals surface area contributed by atoms with Crippen LogP contribution in [-0.4, -0.2) is 19.8 Å². The molecule has 1 fully saturated rings. The van der Waals surface area contributed by atoms with E-state index in [9.17, 15) is 4.39 Å². The molecule has 1 aromatic rings. The van der Waals surface area contributed by atoms with Gasteiger partial charge in [-0.1, -0.05) is 12.5 Å². The molecular formula is C13H16FNO2. The highest BCUT2D eigenvalue weighted by atomic mass is 19.1. The molecule has 0 amide bonds. The average Bonchev–Trinajstić information content (AvgIpc) is 2.40. The molecule has 0 spiro atoms. The van der Waals surface area contributed by atoms with Crippen LogP contribution in [0.5, 0.6) is 11.5 Å². The summed E-state index contributed by atoms with van der Waals surface area (Å²) in [5.74, 6) is 0.538. The average molecular weight is 237 g/mol. The van der Waals surface area contributed by atoms with Crippen LogP contribution in [0.1, 0.15) is 30.9 Å². The highest BCUT2D eigenvalue weighted by Crippen LogP contribution is 2.38. The van der Waals surface area contributed by atoms with Gasteiger partial charge in [0, 0.05) is 11.6 Å². The van der Waals surface area contributed by atoms with Gasteiger partial charge in [0.15, 0.2) is 17.3 Å². The summed E-state index contributed by atoms with van der Waals surface area (Å²) >= 11 is 0. The van der Waals surface area contributed by atoms with Crippen LogP contribution < -0.4 is 14.8 Å². The second-order valence-corrected chi connectivity index (χ2v) is 4.50. The van der Waals surface area contributed by atoms with Crippen LogP contribution in [0.3, 0.4) is 0 Å². The molecule has 0 saturated carbocycles. The Morgan fingerprint density at radius 2 is 2.06 bits per heavy atom. The van der Waals surface area contributed by atoms with E-state index in [2.05, 4.69) is 5.32 Å². The molecule has 0 bridgehead atoms. The van der Waals surface area contributed by atoms with Crippen molar-refractivity contribution in [3.8, 4) is 11.5 Å². The van der Waals surface area contributed by atoms with Crippen molar-refractivity contribution in [1.82, 2.24) is 5.32 Å². The van der Waals surface area contributed by atoms with Gasteiger partial charge in [0.2, 0.25) is 0 Å². The van der Waals surface area contributed by atoms with Crippen molar-refractivity contribution in [1.29, 1.82) is 0 Å². The molecule has 4 heteroatoms. The molecule has 1 N–H and O–H groups in total. The van der Waals surface area contributed by atoms with Crippen LogP contribution in [0.25, 0.3) is 0 Å².